The Labute approximate surface area is 148 Å². The van der Waals surface area contributed by atoms with Crippen molar-refractivity contribution in [3.05, 3.63) is 28.8 Å². The first-order valence-electron chi connectivity index (χ1n) is 7.80. The molecule has 134 valence electrons. The lowest BCUT2D eigenvalue weighted by Crippen LogP contribution is -2.32. The van der Waals surface area contributed by atoms with Crippen molar-refractivity contribution in [1.29, 1.82) is 0 Å². The number of ether oxygens (including phenoxy) is 3. The number of alkyl halides is 1. The van der Waals surface area contributed by atoms with Crippen LogP contribution in [-0.2, 0) is 19.7 Å². The number of halogens is 3. The Morgan fingerprint density at radius 3 is 2.54 bits per heavy atom. The van der Waals surface area contributed by atoms with Gasteiger partial charge in [0.1, 0.15) is 4.83 Å². The molecule has 1 unspecified atom stereocenters. The highest BCUT2D eigenvalue weighted by atomic mass is 79.9. The van der Waals surface area contributed by atoms with Gasteiger partial charge in [-0.05, 0) is 36.8 Å². The van der Waals surface area contributed by atoms with Gasteiger partial charge in [-0.2, -0.15) is 4.39 Å². The summed E-state index contributed by atoms with van der Waals surface area (Å²) in [6.45, 7) is 4.70. The zero-order valence-corrected chi connectivity index (χ0v) is 15.5. The Kier molecular flexibility index (Phi) is 6.20. The molecule has 1 saturated heterocycles. The third-order valence-corrected chi connectivity index (χ3v) is 5.27. The van der Waals surface area contributed by atoms with Gasteiger partial charge >= 0.3 is 5.97 Å². The van der Waals surface area contributed by atoms with Crippen LogP contribution < -0.4 is 4.74 Å². The fourth-order valence-corrected chi connectivity index (χ4v) is 3.37. The van der Waals surface area contributed by atoms with E-state index >= 15 is 0 Å². The van der Waals surface area contributed by atoms with Gasteiger partial charge in [0.25, 0.3) is 0 Å². The second-order valence-electron chi connectivity index (χ2n) is 5.96. The van der Waals surface area contributed by atoms with Crippen LogP contribution in [0.1, 0.15) is 42.6 Å². The largest absolute Gasteiger partial charge is 0.493 e. The molecule has 24 heavy (non-hydrogen) atoms. The molecule has 1 atom stereocenters. The van der Waals surface area contributed by atoms with Gasteiger partial charge in [0.15, 0.2) is 11.6 Å². The van der Waals surface area contributed by atoms with Gasteiger partial charge in [-0.1, -0.05) is 22.9 Å². The Balaban J connectivity index is 2.56. The van der Waals surface area contributed by atoms with Crippen molar-refractivity contribution < 1.29 is 27.8 Å². The number of esters is 1. The van der Waals surface area contributed by atoms with E-state index in [0.29, 0.717) is 26.1 Å². The summed E-state index contributed by atoms with van der Waals surface area (Å²) in [6.07, 6.45) is 1.14. The van der Waals surface area contributed by atoms with Gasteiger partial charge in [0.05, 0.1) is 13.7 Å². The predicted octanol–water partition coefficient (Wildman–Crippen LogP) is 4.04. The zero-order valence-electron chi connectivity index (χ0n) is 14.0. The highest BCUT2D eigenvalue weighted by Crippen LogP contribution is 2.43. The summed E-state index contributed by atoms with van der Waals surface area (Å²) in [6, 6.07) is 1.50. The molecule has 7 heteroatoms. The van der Waals surface area contributed by atoms with Crippen molar-refractivity contribution in [3.8, 4) is 5.75 Å². The topological polar surface area (TPSA) is 44.8 Å². The summed E-state index contributed by atoms with van der Waals surface area (Å²) in [4.78, 5) is 11.1. The van der Waals surface area contributed by atoms with E-state index in [-0.39, 0.29) is 23.5 Å². The van der Waals surface area contributed by atoms with E-state index in [1.54, 1.807) is 6.92 Å². The lowest BCUT2D eigenvalue weighted by Gasteiger charge is -2.35. The lowest BCUT2D eigenvalue weighted by molar-refractivity contribution is -0.142. The molecule has 2 rings (SSSR count). The molecule has 0 spiro atoms. The predicted molar refractivity (Wildman–Crippen MR) is 88.6 cm³/mol. The van der Waals surface area contributed by atoms with E-state index in [1.807, 2.05) is 6.92 Å². The van der Waals surface area contributed by atoms with Gasteiger partial charge < -0.3 is 14.2 Å². The normalized spacial score (nSPS) is 18.1. The second-order valence-corrected chi connectivity index (χ2v) is 6.88. The van der Waals surface area contributed by atoms with Crippen LogP contribution in [0.15, 0.2) is 6.07 Å². The maximum Gasteiger partial charge on any atom is 0.324 e. The molecular weight excluding hydrogens is 386 g/mol. The first-order chi connectivity index (χ1) is 11.4. The number of benzene rings is 1. The van der Waals surface area contributed by atoms with E-state index in [9.17, 15) is 13.6 Å². The van der Waals surface area contributed by atoms with Crippen LogP contribution in [0.3, 0.4) is 0 Å². The van der Waals surface area contributed by atoms with Crippen LogP contribution >= 0.6 is 15.9 Å². The molecule has 1 aliphatic heterocycles. The van der Waals surface area contributed by atoms with Gasteiger partial charge in [-0.3, -0.25) is 4.79 Å². The van der Waals surface area contributed by atoms with Crippen LogP contribution in [0.5, 0.6) is 5.75 Å². The maximum absolute atomic E-state index is 14.6. The van der Waals surface area contributed by atoms with Crippen molar-refractivity contribution >= 4 is 21.9 Å². The number of methoxy groups -OCH3 is 1. The van der Waals surface area contributed by atoms with Crippen LogP contribution in [0.2, 0.25) is 0 Å². The molecule has 0 bridgehead atoms. The molecule has 1 heterocycles. The maximum atomic E-state index is 14.6. The van der Waals surface area contributed by atoms with Crippen molar-refractivity contribution in [2.24, 2.45) is 0 Å². The fraction of sp³-hybridized carbons (Fsp3) is 0.588. The summed E-state index contributed by atoms with van der Waals surface area (Å²) < 4.78 is 44.5. The number of carbonyl (C=O) groups excluding carboxylic acids is 1. The molecule has 1 aromatic carbocycles. The first-order valence-corrected chi connectivity index (χ1v) is 8.72. The summed E-state index contributed by atoms with van der Waals surface area (Å²) in [5, 5.41) is 0. The molecule has 0 saturated carbocycles. The second kappa shape index (κ2) is 7.78. The van der Waals surface area contributed by atoms with Gasteiger partial charge in [-0.25, -0.2) is 4.39 Å². The third kappa shape index (κ3) is 3.57. The van der Waals surface area contributed by atoms with Gasteiger partial charge in [0.2, 0.25) is 5.82 Å². The monoisotopic (exact) mass is 406 g/mol. The van der Waals surface area contributed by atoms with Gasteiger partial charge in [0, 0.05) is 18.8 Å². The smallest absolute Gasteiger partial charge is 0.324 e. The number of rotatable bonds is 5. The van der Waals surface area contributed by atoms with Crippen molar-refractivity contribution in [2.75, 3.05) is 26.9 Å². The summed E-state index contributed by atoms with van der Waals surface area (Å²) in [7, 11) is 1.24. The van der Waals surface area contributed by atoms with Crippen molar-refractivity contribution in [2.45, 2.75) is 36.9 Å². The highest BCUT2D eigenvalue weighted by Gasteiger charge is 2.36. The Morgan fingerprint density at radius 2 is 2.00 bits per heavy atom. The van der Waals surface area contributed by atoms with Crippen molar-refractivity contribution in [1.82, 2.24) is 0 Å². The Hall–Kier alpha value is -1.21. The van der Waals surface area contributed by atoms with Crippen LogP contribution in [-0.4, -0.2) is 32.9 Å². The number of hydrogen-bond donors (Lipinski definition) is 0. The minimum absolute atomic E-state index is 0.189. The molecule has 1 fully saturated rings. The molecule has 1 aliphatic rings. The van der Waals surface area contributed by atoms with Crippen molar-refractivity contribution in [3.63, 3.8) is 0 Å². The van der Waals surface area contributed by atoms with Crippen LogP contribution in [0, 0.1) is 11.6 Å². The van der Waals surface area contributed by atoms with Crippen LogP contribution in [0.25, 0.3) is 0 Å². The summed E-state index contributed by atoms with van der Waals surface area (Å²) in [5.41, 5.74) is -0.114. The minimum atomic E-state index is -1.09. The fourth-order valence-electron chi connectivity index (χ4n) is 2.90. The average Bonchev–Trinajstić information content (AvgIpc) is 2.57. The summed E-state index contributed by atoms with van der Waals surface area (Å²) in [5.74, 6) is -2.90. The lowest BCUT2D eigenvalue weighted by atomic mass is 9.75. The first kappa shape index (κ1) is 19.1. The molecule has 0 N–H and O–H groups in total. The average molecular weight is 407 g/mol. The minimum Gasteiger partial charge on any atom is -0.493 e. The highest BCUT2D eigenvalue weighted by molar-refractivity contribution is 9.09. The van der Waals surface area contributed by atoms with E-state index in [0.717, 1.165) is 0 Å². The Bertz CT molecular complexity index is 615. The third-order valence-electron chi connectivity index (χ3n) is 4.41. The SMILES string of the molecule is CCOC(=O)C(Br)c1cc(C2(C)CCOCC2)c(F)c(F)c1OC. The molecule has 0 amide bonds. The Morgan fingerprint density at radius 1 is 1.38 bits per heavy atom. The number of carbonyl (C=O) groups is 1. The zero-order chi connectivity index (χ0) is 17.9. The van der Waals surface area contributed by atoms with E-state index in [1.165, 1.54) is 13.2 Å². The molecule has 1 aromatic rings. The van der Waals surface area contributed by atoms with Crippen LogP contribution in [0.4, 0.5) is 8.78 Å². The molecule has 0 aromatic heterocycles. The van der Waals surface area contributed by atoms with Gasteiger partial charge in [-0.15, -0.1) is 0 Å². The molecule has 0 aliphatic carbocycles. The van der Waals surface area contributed by atoms with E-state index < -0.39 is 27.8 Å². The molecular formula is C17H21BrF2O4. The summed E-state index contributed by atoms with van der Waals surface area (Å²) >= 11 is 3.21. The number of hydrogen-bond acceptors (Lipinski definition) is 4. The molecule has 4 nitrogen and oxygen atoms in total. The van der Waals surface area contributed by atoms with E-state index in [2.05, 4.69) is 15.9 Å². The molecule has 0 radical (unpaired) electrons. The quantitative estimate of drug-likeness (QED) is 0.546. The standard InChI is InChI=1S/C17H21BrF2O4/c1-4-24-16(21)12(18)10-9-11(13(19)14(20)15(10)22-3)17(2)5-7-23-8-6-17/h9,12H,4-8H2,1-3H3. The van der Waals surface area contributed by atoms with E-state index in [4.69, 9.17) is 14.2 Å².